The Bertz CT molecular complexity index is 1020. The molecule has 3 rings (SSSR count). The van der Waals surface area contributed by atoms with Crippen molar-refractivity contribution in [1.82, 2.24) is 9.97 Å². The second-order valence-electron chi connectivity index (χ2n) is 4.98. The topological polar surface area (TPSA) is 115 Å². The number of nitrogens with zero attached hydrogens (tertiary/aromatic N) is 3. The quantitative estimate of drug-likeness (QED) is 0.404. The van der Waals surface area contributed by atoms with Crippen molar-refractivity contribution in [3.05, 3.63) is 56.7 Å². The molecule has 0 bridgehead atoms. The number of rotatable bonds is 3. The van der Waals surface area contributed by atoms with Crippen molar-refractivity contribution >= 4 is 38.5 Å². The summed E-state index contributed by atoms with van der Waals surface area (Å²) in [6.45, 7) is 0. The van der Waals surface area contributed by atoms with Gasteiger partial charge in [-0.15, -0.1) is 0 Å². The molecule has 0 aliphatic carbocycles. The van der Waals surface area contributed by atoms with Crippen molar-refractivity contribution in [3.8, 4) is 17.1 Å². The van der Waals surface area contributed by atoms with Gasteiger partial charge in [-0.2, -0.15) is 0 Å². The second kappa shape index (κ2) is 6.44. The maximum Gasteiger partial charge on any atom is 0.356 e. The number of fused-ring (bicyclic) bond motifs is 1. The molecule has 2 heterocycles. The first-order chi connectivity index (χ1) is 11.9. The number of hydrogen-bond acceptors (Lipinski definition) is 7. The van der Waals surface area contributed by atoms with Crippen LogP contribution in [0.3, 0.4) is 0 Å². The molecule has 0 aliphatic heterocycles. The fraction of sp³-hybridized carbons (Fsp3) is 0.0625. The van der Waals surface area contributed by atoms with Crippen LogP contribution in [0, 0.1) is 10.1 Å². The highest BCUT2D eigenvalue weighted by Crippen LogP contribution is 2.38. The molecule has 0 amide bonds. The summed E-state index contributed by atoms with van der Waals surface area (Å²) in [5.41, 5.74) is 0.693. The van der Waals surface area contributed by atoms with Gasteiger partial charge in [0.05, 0.1) is 33.3 Å². The van der Waals surface area contributed by atoms with E-state index in [0.717, 1.165) is 0 Å². The van der Waals surface area contributed by atoms with Crippen molar-refractivity contribution in [2.24, 2.45) is 0 Å². The Morgan fingerprint density at radius 2 is 1.96 bits per heavy atom. The lowest BCUT2D eigenvalue weighted by Crippen LogP contribution is -2.04. The van der Waals surface area contributed by atoms with Crippen LogP contribution < -0.4 is 0 Å². The lowest BCUT2D eigenvalue weighted by molar-refractivity contribution is -0.383. The molecule has 3 aromatic rings. The standard InChI is InChI=1S/C16H10BrN3O5/c1-25-16(22)12-4-2-3-10(18-12)11-6-5-8-13(20(23)24)7-9(17)15(21)14(8)19-11/h2-7,21H,1H3. The normalized spacial score (nSPS) is 10.6. The maximum atomic E-state index is 11.6. The summed E-state index contributed by atoms with van der Waals surface area (Å²) in [6, 6.07) is 8.97. The zero-order valence-electron chi connectivity index (χ0n) is 12.8. The number of methoxy groups -OCH3 is 1. The molecule has 0 saturated carbocycles. The van der Waals surface area contributed by atoms with E-state index in [4.69, 9.17) is 0 Å². The van der Waals surface area contributed by atoms with Gasteiger partial charge in [0, 0.05) is 6.07 Å². The molecule has 0 unspecified atom stereocenters. The Kier molecular flexibility index (Phi) is 4.32. The maximum absolute atomic E-state index is 11.6. The minimum Gasteiger partial charge on any atom is -0.505 e. The first kappa shape index (κ1) is 16.8. The SMILES string of the molecule is COC(=O)c1cccc(-c2ccc3c([N+](=O)[O-])cc(Br)c(O)c3n2)n1. The fourth-order valence-corrected chi connectivity index (χ4v) is 2.72. The van der Waals surface area contributed by atoms with Crippen LogP contribution in [0.1, 0.15) is 10.5 Å². The van der Waals surface area contributed by atoms with Crippen LogP contribution in [0.4, 0.5) is 5.69 Å². The summed E-state index contributed by atoms with van der Waals surface area (Å²) in [6.07, 6.45) is 0. The third-order valence-electron chi connectivity index (χ3n) is 3.49. The van der Waals surface area contributed by atoms with E-state index in [9.17, 15) is 20.0 Å². The summed E-state index contributed by atoms with van der Waals surface area (Å²) in [5.74, 6) is -0.810. The second-order valence-corrected chi connectivity index (χ2v) is 5.83. The average molecular weight is 404 g/mol. The van der Waals surface area contributed by atoms with Crippen molar-refractivity contribution in [3.63, 3.8) is 0 Å². The number of benzene rings is 1. The van der Waals surface area contributed by atoms with Gasteiger partial charge in [-0.1, -0.05) is 6.07 Å². The van der Waals surface area contributed by atoms with Crippen LogP contribution in [0.2, 0.25) is 0 Å². The van der Waals surface area contributed by atoms with Crippen molar-refractivity contribution in [2.45, 2.75) is 0 Å². The van der Waals surface area contributed by atoms with E-state index in [1.54, 1.807) is 12.1 Å². The van der Waals surface area contributed by atoms with Crippen molar-refractivity contribution in [2.75, 3.05) is 7.11 Å². The number of carbonyl (C=O) groups is 1. The summed E-state index contributed by atoms with van der Waals surface area (Å²) < 4.78 is 4.79. The largest absolute Gasteiger partial charge is 0.505 e. The van der Waals surface area contributed by atoms with Gasteiger partial charge in [-0.05, 0) is 40.2 Å². The highest BCUT2D eigenvalue weighted by Gasteiger charge is 2.20. The van der Waals surface area contributed by atoms with Gasteiger partial charge in [0.1, 0.15) is 11.2 Å². The molecule has 0 spiro atoms. The number of hydrogen-bond donors (Lipinski definition) is 1. The Hall–Kier alpha value is -3.07. The molecular formula is C16H10BrN3O5. The Morgan fingerprint density at radius 1 is 1.24 bits per heavy atom. The van der Waals surface area contributed by atoms with Gasteiger partial charge < -0.3 is 9.84 Å². The molecular weight excluding hydrogens is 394 g/mol. The minimum absolute atomic E-state index is 0.0591. The summed E-state index contributed by atoms with van der Waals surface area (Å²) in [4.78, 5) is 30.7. The molecule has 25 heavy (non-hydrogen) atoms. The number of aromatic hydroxyl groups is 1. The Labute approximate surface area is 149 Å². The summed E-state index contributed by atoms with van der Waals surface area (Å²) in [7, 11) is 1.25. The van der Waals surface area contributed by atoms with E-state index in [1.165, 1.54) is 31.4 Å². The van der Waals surface area contributed by atoms with Crippen LogP contribution in [-0.4, -0.2) is 33.1 Å². The highest BCUT2D eigenvalue weighted by molar-refractivity contribution is 9.10. The number of phenolic OH excluding ortho intramolecular Hbond substituents is 1. The lowest BCUT2D eigenvalue weighted by atomic mass is 10.1. The van der Waals surface area contributed by atoms with E-state index in [-0.39, 0.29) is 32.5 Å². The van der Waals surface area contributed by atoms with Gasteiger partial charge >= 0.3 is 5.97 Å². The number of pyridine rings is 2. The van der Waals surface area contributed by atoms with E-state index in [0.29, 0.717) is 11.4 Å². The Morgan fingerprint density at radius 3 is 2.64 bits per heavy atom. The number of esters is 1. The van der Waals surface area contributed by atoms with Crippen molar-refractivity contribution < 1.29 is 19.6 Å². The predicted molar refractivity (Wildman–Crippen MR) is 92.3 cm³/mol. The van der Waals surface area contributed by atoms with E-state index in [2.05, 4.69) is 30.6 Å². The number of nitro benzene ring substituents is 1. The van der Waals surface area contributed by atoms with Gasteiger partial charge in [0.25, 0.3) is 5.69 Å². The summed E-state index contributed by atoms with van der Waals surface area (Å²) >= 11 is 3.09. The van der Waals surface area contributed by atoms with Crippen LogP contribution in [0.5, 0.6) is 5.75 Å². The number of halogens is 1. The first-order valence-corrected chi connectivity index (χ1v) is 7.74. The fourth-order valence-electron chi connectivity index (χ4n) is 2.31. The number of nitro groups is 1. The molecule has 0 aliphatic rings. The smallest absolute Gasteiger partial charge is 0.356 e. The predicted octanol–water partition coefficient (Wildman–Crippen LogP) is 3.46. The molecule has 0 fully saturated rings. The molecule has 0 atom stereocenters. The molecule has 1 N–H and O–H groups in total. The number of carbonyl (C=O) groups excluding carboxylic acids is 1. The van der Waals surface area contributed by atoms with Crippen LogP contribution in [0.15, 0.2) is 40.9 Å². The molecule has 1 aromatic carbocycles. The number of phenols is 1. The third-order valence-corrected chi connectivity index (χ3v) is 4.09. The average Bonchev–Trinajstić information content (AvgIpc) is 2.63. The van der Waals surface area contributed by atoms with Crippen molar-refractivity contribution in [1.29, 1.82) is 0 Å². The number of aromatic nitrogens is 2. The molecule has 8 nitrogen and oxygen atoms in total. The number of ether oxygens (including phenoxy) is 1. The van der Waals surface area contributed by atoms with E-state index >= 15 is 0 Å². The van der Waals surface area contributed by atoms with Gasteiger partial charge in [-0.25, -0.2) is 14.8 Å². The number of non-ortho nitro benzene ring substituents is 1. The Balaban J connectivity index is 2.21. The molecule has 0 radical (unpaired) electrons. The minimum atomic E-state index is -0.594. The first-order valence-electron chi connectivity index (χ1n) is 6.94. The van der Waals surface area contributed by atoms with Gasteiger partial charge in [0.15, 0.2) is 5.75 Å². The monoisotopic (exact) mass is 403 g/mol. The molecule has 2 aromatic heterocycles. The summed E-state index contributed by atoms with van der Waals surface area (Å²) in [5, 5.41) is 21.6. The van der Waals surface area contributed by atoms with Crippen LogP contribution in [0.25, 0.3) is 22.3 Å². The van der Waals surface area contributed by atoms with Gasteiger partial charge in [-0.3, -0.25) is 10.1 Å². The molecule has 126 valence electrons. The zero-order chi connectivity index (χ0) is 18.1. The van der Waals surface area contributed by atoms with Gasteiger partial charge in [0.2, 0.25) is 0 Å². The van der Waals surface area contributed by atoms with Crippen LogP contribution in [-0.2, 0) is 4.74 Å². The van der Waals surface area contributed by atoms with E-state index in [1.807, 2.05) is 0 Å². The molecule has 9 heteroatoms. The lowest BCUT2D eigenvalue weighted by Gasteiger charge is -2.07. The van der Waals surface area contributed by atoms with E-state index < -0.39 is 10.9 Å². The third kappa shape index (κ3) is 3.01. The molecule has 0 saturated heterocycles. The zero-order valence-corrected chi connectivity index (χ0v) is 14.3. The van der Waals surface area contributed by atoms with Crippen LogP contribution >= 0.6 is 15.9 Å². The highest BCUT2D eigenvalue weighted by atomic mass is 79.9.